The number of benzene rings is 1. The Bertz CT molecular complexity index is 541. The van der Waals surface area contributed by atoms with Crippen LogP contribution >= 0.6 is 0 Å². The predicted molar refractivity (Wildman–Crippen MR) is 73.5 cm³/mol. The zero-order chi connectivity index (χ0) is 14.3. The van der Waals surface area contributed by atoms with Crippen molar-refractivity contribution < 1.29 is 9.59 Å². The minimum Gasteiger partial charge on any atom is -0.358 e. The summed E-state index contributed by atoms with van der Waals surface area (Å²) in [5.74, 6) is 5.12. The summed E-state index contributed by atoms with van der Waals surface area (Å²) in [6.07, 6.45) is 0. The van der Waals surface area contributed by atoms with E-state index in [2.05, 4.69) is 22.5 Å². The second-order valence-electron chi connectivity index (χ2n) is 3.84. The zero-order valence-electron chi connectivity index (χ0n) is 11.0. The Kier molecular flexibility index (Phi) is 5.58. The summed E-state index contributed by atoms with van der Waals surface area (Å²) in [5.41, 5.74) is 7.37. The Hall–Kier alpha value is -2.32. The van der Waals surface area contributed by atoms with Gasteiger partial charge in [-0.15, -0.1) is 0 Å². The minimum absolute atomic E-state index is 0.0481. The quantitative estimate of drug-likeness (QED) is 0.656. The average molecular weight is 259 g/mol. The Morgan fingerprint density at radius 2 is 2.11 bits per heavy atom. The molecule has 4 N–H and O–H groups in total. The molecule has 0 aromatic heterocycles. The van der Waals surface area contributed by atoms with Gasteiger partial charge in [0.25, 0.3) is 5.91 Å². The summed E-state index contributed by atoms with van der Waals surface area (Å²) < 4.78 is 0. The molecule has 5 nitrogen and oxygen atoms in total. The van der Waals surface area contributed by atoms with E-state index in [4.69, 9.17) is 5.73 Å². The lowest BCUT2D eigenvalue weighted by molar-refractivity contribution is -0.119. The molecule has 0 aliphatic heterocycles. The van der Waals surface area contributed by atoms with Gasteiger partial charge in [0.2, 0.25) is 5.91 Å². The Balaban J connectivity index is 2.89. The van der Waals surface area contributed by atoms with Gasteiger partial charge in [-0.05, 0) is 24.6 Å². The van der Waals surface area contributed by atoms with E-state index < -0.39 is 0 Å². The largest absolute Gasteiger partial charge is 0.358 e. The van der Waals surface area contributed by atoms with Crippen molar-refractivity contribution in [3.05, 3.63) is 34.9 Å². The van der Waals surface area contributed by atoms with Gasteiger partial charge in [0, 0.05) is 18.2 Å². The van der Waals surface area contributed by atoms with Crippen LogP contribution in [-0.2, 0) is 4.79 Å². The number of carbonyl (C=O) groups excluding carboxylic acids is 2. The predicted octanol–water partition coefficient (Wildman–Crippen LogP) is -0.219. The Morgan fingerprint density at radius 3 is 2.74 bits per heavy atom. The lowest BCUT2D eigenvalue weighted by Gasteiger charge is -2.08. The second kappa shape index (κ2) is 7.19. The van der Waals surface area contributed by atoms with Crippen LogP contribution in [0.1, 0.15) is 21.5 Å². The second-order valence-corrected chi connectivity index (χ2v) is 3.84. The maximum atomic E-state index is 11.9. The van der Waals surface area contributed by atoms with Crippen molar-refractivity contribution in [2.45, 2.75) is 6.92 Å². The lowest BCUT2D eigenvalue weighted by Crippen LogP contribution is -2.35. The Morgan fingerprint density at radius 1 is 1.37 bits per heavy atom. The molecule has 0 bridgehead atoms. The molecule has 100 valence electrons. The molecule has 0 heterocycles. The van der Waals surface area contributed by atoms with Gasteiger partial charge in [0.05, 0.1) is 13.1 Å². The third-order valence-electron chi connectivity index (χ3n) is 2.59. The number of carbonyl (C=O) groups is 2. The van der Waals surface area contributed by atoms with Crippen LogP contribution in [0.4, 0.5) is 0 Å². The molecule has 1 rings (SSSR count). The van der Waals surface area contributed by atoms with Gasteiger partial charge >= 0.3 is 0 Å². The van der Waals surface area contributed by atoms with Crippen LogP contribution in [0.2, 0.25) is 0 Å². The van der Waals surface area contributed by atoms with E-state index in [0.717, 1.165) is 11.1 Å². The number of nitrogens with two attached hydrogens (primary N) is 1. The standard InChI is InChI=1S/C14H17N3O2/c1-10-11(6-4-8-15)5-3-7-12(10)14(19)17-9-13(18)16-2/h3,5,7H,8-9,15H2,1-2H3,(H,16,18)(H,17,19). The van der Waals surface area contributed by atoms with Crippen molar-refractivity contribution >= 4 is 11.8 Å². The molecule has 5 heteroatoms. The number of hydrogen-bond donors (Lipinski definition) is 3. The van der Waals surface area contributed by atoms with Gasteiger partial charge in [0.15, 0.2) is 0 Å². The monoisotopic (exact) mass is 259 g/mol. The number of rotatable bonds is 3. The zero-order valence-corrected chi connectivity index (χ0v) is 11.0. The smallest absolute Gasteiger partial charge is 0.252 e. The van der Waals surface area contributed by atoms with Crippen molar-refractivity contribution in [1.29, 1.82) is 0 Å². The van der Waals surface area contributed by atoms with E-state index >= 15 is 0 Å². The van der Waals surface area contributed by atoms with Crippen LogP contribution in [0.5, 0.6) is 0 Å². The van der Waals surface area contributed by atoms with E-state index in [9.17, 15) is 9.59 Å². The number of nitrogens with one attached hydrogen (secondary N) is 2. The molecule has 0 unspecified atom stereocenters. The first-order valence-corrected chi connectivity index (χ1v) is 5.87. The van der Waals surface area contributed by atoms with Crippen LogP contribution in [-0.4, -0.2) is 32.0 Å². The molecule has 1 aromatic carbocycles. The van der Waals surface area contributed by atoms with Crippen LogP contribution in [0, 0.1) is 18.8 Å². The minimum atomic E-state index is -0.294. The van der Waals surface area contributed by atoms with Gasteiger partial charge < -0.3 is 16.4 Å². The summed E-state index contributed by atoms with van der Waals surface area (Å²) in [7, 11) is 1.52. The highest BCUT2D eigenvalue weighted by Gasteiger charge is 2.11. The Labute approximate surface area is 112 Å². The van der Waals surface area contributed by atoms with E-state index in [1.165, 1.54) is 7.05 Å². The molecule has 1 aromatic rings. The van der Waals surface area contributed by atoms with Crippen LogP contribution in [0.25, 0.3) is 0 Å². The fourth-order valence-corrected chi connectivity index (χ4v) is 1.51. The van der Waals surface area contributed by atoms with E-state index in [-0.39, 0.29) is 24.9 Å². The van der Waals surface area contributed by atoms with Gasteiger partial charge in [-0.2, -0.15) is 0 Å². The highest BCUT2D eigenvalue weighted by atomic mass is 16.2. The van der Waals surface area contributed by atoms with E-state index in [1.54, 1.807) is 12.1 Å². The number of likely N-dealkylation sites (N-methyl/N-ethyl adjacent to an activating group) is 1. The first-order chi connectivity index (χ1) is 9.10. The molecular weight excluding hydrogens is 242 g/mol. The highest BCUT2D eigenvalue weighted by Crippen LogP contribution is 2.12. The average Bonchev–Trinajstić information content (AvgIpc) is 2.43. The summed E-state index contributed by atoms with van der Waals surface area (Å²) in [6, 6.07) is 5.28. The molecule has 19 heavy (non-hydrogen) atoms. The molecule has 0 fully saturated rings. The molecule has 0 spiro atoms. The number of hydrogen-bond acceptors (Lipinski definition) is 3. The van der Waals surface area contributed by atoms with Crippen LogP contribution < -0.4 is 16.4 Å². The highest BCUT2D eigenvalue weighted by molar-refractivity contribution is 5.98. The maximum absolute atomic E-state index is 11.9. The lowest BCUT2D eigenvalue weighted by atomic mass is 10.0. The van der Waals surface area contributed by atoms with Crippen molar-refractivity contribution in [3.8, 4) is 11.8 Å². The normalized spacial score (nSPS) is 9.21. The number of amides is 2. The topological polar surface area (TPSA) is 84.2 Å². The van der Waals surface area contributed by atoms with E-state index in [0.29, 0.717) is 5.56 Å². The molecule has 0 saturated carbocycles. The van der Waals surface area contributed by atoms with Gasteiger partial charge in [-0.1, -0.05) is 17.9 Å². The summed E-state index contributed by atoms with van der Waals surface area (Å²) in [5, 5.41) is 4.99. The fourth-order valence-electron chi connectivity index (χ4n) is 1.51. The van der Waals surface area contributed by atoms with Crippen molar-refractivity contribution in [2.75, 3.05) is 20.1 Å². The van der Waals surface area contributed by atoms with E-state index in [1.807, 2.05) is 13.0 Å². The summed E-state index contributed by atoms with van der Waals surface area (Å²) >= 11 is 0. The van der Waals surface area contributed by atoms with Gasteiger partial charge in [0.1, 0.15) is 0 Å². The third kappa shape index (κ3) is 4.12. The molecule has 0 aliphatic rings. The van der Waals surface area contributed by atoms with Crippen molar-refractivity contribution in [3.63, 3.8) is 0 Å². The third-order valence-corrected chi connectivity index (χ3v) is 2.59. The SMILES string of the molecule is CNC(=O)CNC(=O)c1cccc(C#CCN)c1C. The molecule has 2 amide bonds. The summed E-state index contributed by atoms with van der Waals surface area (Å²) in [6.45, 7) is 2.04. The van der Waals surface area contributed by atoms with Gasteiger partial charge in [-0.3, -0.25) is 9.59 Å². The van der Waals surface area contributed by atoms with Crippen molar-refractivity contribution in [2.24, 2.45) is 5.73 Å². The fraction of sp³-hybridized carbons (Fsp3) is 0.286. The molecule has 0 radical (unpaired) electrons. The molecular formula is C14H17N3O2. The maximum Gasteiger partial charge on any atom is 0.252 e. The first kappa shape index (κ1) is 14.7. The molecule has 0 atom stereocenters. The summed E-state index contributed by atoms with van der Waals surface area (Å²) in [4.78, 5) is 23.0. The van der Waals surface area contributed by atoms with Crippen LogP contribution in [0.15, 0.2) is 18.2 Å². The van der Waals surface area contributed by atoms with Crippen LogP contribution in [0.3, 0.4) is 0 Å². The van der Waals surface area contributed by atoms with Crippen molar-refractivity contribution in [1.82, 2.24) is 10.6 Å². The molecule has 0 aliphatic carbocycles. The molecule has 0 saturated heterocycles. The first-order valence-electron chi connectivity index (χ1n) is 5.87. The van der Waals surface area contributed by atoms with Gasteiger partial charge in [-0.25, -0.2) is 0 Å².